The number of nitrogens with one attached hydrogen (secondary N) is 1. The third kappa shape index (κ3) is 7.11. The summed E-state index contributed by atoms with van der Waals surface area (Å²) in [7, 11) is 0. The van der Waals surface area contributed by atoms with Crippen molar-refractivity contribution in [1.29, 1.82) is 0 Å². The average molecular weight is 474 g/mol. The van der Waals surface area contributed by atoms with E-state index in [1.54, 1.807) is 0 Å². The maximum absolute atomic E-state index is 12.9. The summed E-state index contributed by atoms with van der Waals surface area (Å²) in [6, 6.07) is 7.34. The molecule has 8 nitrogen and oxygen atoms in total. The molecule has 0 bridgehead atoms. The molecular weight excluding hydrogens is 434 g/mol. The van der Waals surface area contributed by atoms with Crippen LogP contribution < -0.4 is 10.1 Å². The van der Waals surface area contributed by atoms with E-state index >= 15 is 0 Å². The first-order valence-electron chi connectivity index (χ1n) is 12.7. The molecule has 1 spiro atoms. The molecule has 2 fully saturated rings. The first-order chi connectivity index (χ1) is 16.5. The third-order valence-electron chi connectivity index (χ3n) is 6.89. The van der Waals surface area contributed by atoms with E-state index in [2.05, 4.69) is 5.32 Å². The second-order valence-corrected chi connectivity index (χ2v) is 9.27. The van der Waals surface area contributed by atoms with Gasteiger partial charge in [-0.1, -0.05) is 6.42 Å². The highest BCUT2D eigenvalue weighted by Gasteiger charge is 2.42. The Morgan fingerprint density at radius 3 is 2.24 bits per heavy atom. The molecule has 0 saturated carbocycles. The Hall–Kier alpha value is -2.77. The first-order valence-corrected chi connectivity index (χ1v) is 12.7. The van der Waals surface area contributed by atoms with Gasteiger partial charge in [-0.25, -0.2) is 4.79 Å². The zero-order valence-electron chi connectivity index (χ0n) is 20.6. The summed E-state index contributed by atoms with van der Waals surface area (Å²) in [4.78, 5) is 40.7. The van der Waals surface area contributed by atoms with Crippen molar-refractivity contribution >= 4 is 17.9 Å². The smallest absolute Gasteiger partial charge is 0.317 e. The molecule has 0 atom stereocenters. The predicted octanol–water partition coefficient (Wildman–Crippen LogP) is 3.85. The van der Waals surface area contributed by atoms with Crippen LogP contribution in [0.5, 0.6) is 5.75 Å². The van der Waals surface area contributed by atoms with Gasteiger partial charge in [0.25, 0.3) is 5.91 Å². The lowest BCUT2D eigenvalue weighted by atomic mass is 9.77. The van der Waals surface area contributed by atoms with E-state index < -0.39 is 0 Å². The number of piperidine rings is 1. The number of rotatable bonds is 10. The largest absolute Gasteiger partial charge is 0.494 e. The number of hydrogen-bond donors (Lipinski definition) is 1. The molecule has 3 amide bonds. The third-order valence-corrected chi connectivity index (χ3v) is 6.89. The van der Waals surface area contributed by atoms with Gasteiger partial charge in [-0.3, -0.25) is 9.59 Å². The molecule has 1 aromatic rings. The van der Waals surface area contributed by atoms with Crippen LogP contribution in [0, 0.1) is 5.41 Å². The van der Waals surface area contributed by atoms with Crippen molar-refractivity contribution in [3.05, 3.63) is 29.8 Å². The van der Waals surface area contributed by atoms with Crippen molar-refractivity contribution in [2.45, 2.75) is 58.8 Å². The number of nitrogens with zero attached hydrogens (tertiary/aromatic N) is 2. The van der Waals surface area contributed by atoms with E-state index in [1.165, 1.54) is 0 Å². The Labute approximate surface area is 202 Å². The molecule has 2 aliphatic heterocycles. The second-order valence-electron chi connectivity index (χ2n) is 9.27. The normalized spacial score (nSPS) is 17.0. The Balaban J connectivity index is 1.36. The number of benzene rings is 1. The molecule has 3 rings (SSSR count). The van der Waals surface area contributed by atoms with Gasteiger partial charge in [0.05, 0.1) is 13.2 Å². The number of likely N-dealkylation sites (tertiary alicyclic amines) is 2. The van der Waals surface area contributed by atoms with Gasteiger partial charge in [-0.15, -0.1) is 0 Å². The number of carbonyl (C=O) groups is 3. The fourth-order valence-electron chi connectivity index (χ4n) is 4.86. The minimum absolute atomic E-state index is 0.00448. The van der Waals surface area contributed by atoms with Crippen LogP contribution in [0.3, 0.4) is 0 Å². The zero-order valence-corrected chi connectivity index (χ0v) is 20.6. The van der Waals surface area contributed by atoms with Gasteiger partial charge in [0.1, 0.15) is 5.75 Å². The molecule has 0 aliphatic carbocycles. The van der Waals surface area contributed by atoms with Crippen molar-refractivity contribution in [2.24, 2.45) is 5.41 Å². The predicted molar refractivity (Wildman–Crippen MR) is 130 cm³/mol. The van der Waals surface area contributed by atoms with Gasteiger partial charge in [0, 0.05) is 44.7 Å². The molecule has 0 radical (unpaired) electrons. The topological polar surface area (TPSA) is 88.2 Å². The lowest BCUT2D eigenvalue weighted by Crippen LogP contribution is -2.45. The highest BCUT2D eigenvalue weighted by atomic mass is 16.5. The van der Waals surface area contributed by atoms with Crippen LogP contribution in [0.4, 0.5) is 4.79 Å². The first kappa shape index (κ1) is 25.8. The maximum atomic E-state index is 12.9. The fraction of sp³-hybridized carbons (Fsp3) is 0.654. The highest BCUT2D eigenvalue weighted by Crippen LogP contribution is 2.40. The Morgan fingerprint density at radius 1 is 0.912 bits per heavy atom. The number of hydrogen-bond acceptors (Lipinski definition) is 5. The number of urea groups is 1. The van der Waals surface area contributed by atoms with E-state index in [4.69, 9.17) is 9.47 Å². The molecule has 2 saturated heterocycles. The molecule has 34 heavy (non-hydrogen) atoms. The summed E-state index contributed by atoms with van der Waals surface area (Å²) >= 11 is 0. The molecule has 188 valence electrons. The number of esters is 1. The highest BCUT2D eigenvalue weighted by molar-refractivity contribution is 5.94. The average Bonchev–Trinajstić information content (AvgIpc) is 3.25. The number of unbranched alkanes of at least 4 members (excludes halogenated alkanes) is 2. The van der Waals surface area contributed by atoms with Crippen LogP contribution in [0.25, 0.3) is 0 Å². The van der Waals surface area contributed by atoms with E-state index in [0.29, 0.717) is 31.7 Å². The van der Waals surface area contributed by atoms with E-state index in [0.717, 1.165) is 70.5 Å². The summed E-state index contributed by atoms with van der Waals surface area (Å²) in [6.07, 6.45) is 5.81. The molecule has 0 aromatic heterocycles. The summed E-state index contributed by atoms with van der Waals surface area (Å²) in [5.74, 6) is 0.687. The van der Waals surface area contributed by atoms with E-state index in [-0.39, 0.29) is 23.3 Å². The quantitative estimate of drug-likeness (QED) is 0.412. The van der Waals surface area contributed by atoms with Crippen LogP contribution in [0.2, 0.25) is 0 Å². The molecule has 8 heteroatoms. The van der Waals surface area contributed by atoms with E-state index in [9.17, 15) is 14.4 Å². The number of carbonyl (C=O) groups excluding carboxylic acids is 3. The minimum Gasteiger partial charge on any atom is -0.494 e. The minimum atomic E-state index is -0.152. The molecule has 0 unspecified atom stereocenters. The van der Waals surface area contributed by atoms with Gasteiger partial charge in [-0.05, 0) is 75.6 Å². The van der Waals surface area contributed by atoms with Crippen LogP contribution in [-0.4, -0.2) is 73.6 Å². The van der Waals surface area contributed by atoms with Gasteiger partial charge in [0.2, 0.25) is 0 Å². The maximum Gasteiger partial charge on any atom is 0.317 e. The van der Waals surface area contributed by atoms with E-state index in [1.807, 2.05) is 47.9 Å². The fourth-order valence-corrected chi connectivity index (χ4v) is 4.86. The molecule has 2 heterocycles. The van der Waals surface area contributed by atoms with Crippen molar-refractivity contribution < 1.29 is 23.9 Å². The Kier molecular flexibility index (Phi) is 9.60. The SMILES string of the molecule is CCOC(=O)CCCCCNC(=O)N1CCC2(CCN(C(=O)c3ccc(OCC)cc3)CC2)C1. The summed E-state index contributed by atoms with van der Waals surface area (Å²) in [5.41, 5.74) is 0.807. The van der Waals surface area contributed by atoms with Gasteiger partial charge in [-0.2, -0.15) is 0 Å². The molecule has 1 aromatic carbocycles. The lowest BCUT2D eigenvalue weighted by molar-refractivity contribution is -0.143. The van der Waals surface area contributed by atoms with Crippen LogP contribution >= 0.6 is 0 Å². The number of amides is 3. The standard InChI is InChI=1S/C26H39N3O5/c1-3-33-22-11-9-21(10-12-22)24(31)28-17-13-26(14-18-28)15-19-29(20-26)25(32)27-16-7-5-6-8-23(30)34-4-2/h9-12H,3-8,13-20H2,1-2H3,(H,27,32). The van der Waals surface area contributed by atoms with Gasteiger partial charge in [0.15, 0.2) is 0 Å². The number of ether oxygens (including phenoxy) is 2. The summed E-state index contributed by atoms with van der Waals surface area (Å²) < 4.78 is 10.4. The van der Waals surface area contributed by atoms with Crippen molar-refractivity contribution in [3.63, 3.8) is 0 Å². The van der Waals surface area contributed by atoms with Crippen molar-refractivity contribution in [1.82, 2.24) is 15.1 Å². The second kappa shape index (κ2) is 12.6. The van der Waals surface area contributed by atoms with Gasteiger partial charge >= 0.3 is 12.0 Å². The summed E-state index contributed by atoms with van der Waals surface area (Å²) in [5, 5.41) is 3.02. The zero-order chi connectivity index (χ0) is 24.4. The lowest BCUT2D eigenvalue weighted by Gasteiger charge is -2.39. The Morgan fingerprint density at radius 2 is 1.59 bits per heavy atom. The Bertz CT molecular complexity index is 818. The van der Waals surface area contributed by atoms with Gasteiger partial charge < -0.3 is 24.6 Å². The van der Waals surface area contributed by atoms with Crippen LogP contribution in [0.1, 0.15) is 69.2 Å². The molecular formula is C26H39N3O5. The molecule has 2 aliphatic rings. The van der Waals surface area contributed by atoms with Crippen molar-refractivity contribution in [2.75, 3.05) is 45.9 Å². The van der Waals surface area contributed by atoms with Crippen LogP contribution in [0.15, 0.2) is 24.3 Å². The molecule has 1 N–H and O–H groups in total. The van der Waals surface area contributed by atoms with Crippen LogP contribution in [-0.2, 0) is 9.53 Å². The summed E-state index contributed by atoms with van der Waals surface area (Å²) in [6.45, 7) is 8.36. The monoisotopic (exact) mass is 473 g/mol. The van der Waals surface area contributed by atoms with Crippen molar-refractivity contribution in [3.8, 4) is 5.75 Å².